The Hall–Kier alpha value is -2.70. The van der Waals surface area contributed by atoms with Crippen molar-refractivity contribution < 1.29 is 22.4 Å². The van der Waals surface area contributed by atoms with Crippen LogP contribution in [-0.2, 0) is 10.0 Å². The van der Waals surface area contributed by atoms with Gasteiger partial charge >= 0.3 is 0 Å². The predicted molar refractivity (Wildman–Crippen MR) is 112 cm³/mol. The lowest BCUT2D eigenvalue weighted by molar-refractivity contribution is 0.0690. The molecule has 11 nitrogen and oxygen atoms in total. The van der Waals surface area contributed by atoms with Crippen LogP contribution in [0.25, 0.3) is 0 Å². The number of hydrogen-bond donors (Lipinski definition) is 1. The quantitative estimate of drug-likeness (QED) is 0.626. The lowest BCUT2D eigenvalue weighted by Gasteiger charge is -2.33. The van der Waals surface area contributed by atoms with Gasteiger partial charge in [0.1, 0.15) is 0 Å². The van der Waals surface area contributed by atoms with E-state index < -0.39 is 21.8 Å². The number of carbonyl (C=O) groups excluding carboxylic acids is 2. The van der Waals surface area contributed by atoms with Crippen LogP contribution in [-0.4, -0.2) is 78.7 Å². The zero-order valence-electron chi connectivity index (χ0n) is 17.1. The minimum atomic E-state index is -3.96. The first-order valence-electron chi connectivity index (χ1n) is 9.65. The topological polar surface area (TPSA) is 143 Å². The Morgan fingerprint density at radius 3 is 2.39 bits per heavy atom. The average molecular weight is 471 g/mol. The van der Waals surface area contributed by atoms with E-state index in [9.17, 15) is 18.0 Å². The minimum Gasteiger partial charge on any atom is -0.438 e. The fourth-order valence-electron chi connectivity index (χ4n) is 3.17. The van der Waals surface area contributed by atoms with Crippen LogP contribution in [0.1, 0.15) is 34.9 Å². The number of amides is 2. The molecule has 0 unspecified atom stereocenters. The maximum atomic E-state index is 13.0. The van der Waals surface area contributed by atoms with Gasteiger partial charge in [-0.25, -0.2) is 18.4 Å². The standard InChI is InChI=1S/C18H23ClN6O5S/c1-3-23(4-2)18-21-11-12(19)15(22-18)17(27)24-7-9-25(10-8-24)31(28,29)14-6-5-13(30-14)16(20)26/h5-6,11H,3-4,7-10H2,1-2H3,(H2,20,26). The molecule has 1 aliphatic heterocycles. The van der Waals surface area contributed by atoms with Gasteiger partial charge in [0.2, 0.25) is 11.0 Å². The number of halogens is 1. The maximum absolute atomic E-state index is 13.0. The summed E-state index contributed by atoms with van der Waals surface area (Å²) in [6.07, 6.45) is 1.39. The average Bonchev–Trinajstić information content (AvgIpc) is 3.27. The predicted octanol–water partition coefficient (Wildman–Crippen LogP) is 0.815. The van der Waals surface area contributed by atoms with E-state index in [4.69, 9.17) is 21.8 Å². The first kappa shape index (κ1) is 23.0. The van der Waals surface area contributed by atoms with E-state index in [2.05, 4.69) is 9.97 Å². The van der Waals surface area contributed by atoms with E-state index in [0.29, 0.717) is 19.0 Å². The third-order valence-electron chi connectivity index (χ3n) is 4.92. The van der Waals surface area contributed by atoms with Crippen LogP contribution in [0.15, 0.2) is 27.8 Å². The van der Waals surface area contributed by atoms with E-state index >= 15 is 0 Å². The molecule has 168 valence electrons. The Kier molecular flexibility index (Phi) is 6.82. The van der Waals surface area contributed by atoms with E-state index in [1.807, 2.05) is 18.7 Å². The lowest BCUT2D eigenvalue weighted by Crippen LogP contribution is -2.50. The Labute approximate surface area is 184 Å². The van der Waals surface area contributed by atoms with Gasteiger partial charge < -0.3 is 20.0 Å². The molecule has 0 aliphatic carbocycles. The number of furan rings is 1. The minimum absolute atomic E-state index is 0.0479. The molecule has 31 heavy (non-hydrogen) atoms. The number of sulfonamides is 1. The highest BCUT2D eigenvalue weighted by Gasteiger charge is 2.33. The first-order chi connectivity index (χ1) is 14.7. The van der Waals surface area contributed by atoms with Gasteiger partial charge in [0.15, 0.2) is 11.5 Å². The molecule has 0 atom stereocenters. The second-order valence-corrected chi connectivity index (χ2v) is 8.99. The van der Waals surface area contributed by atoms with Gasteiger partial charge in [-0.15, -0.1) is 0 Å². The monoisotopic (exact) mass is 470 g/mol. The van der Waals surface area contributed by atoms with Crippen LogP contribution < -0.4 is 10.6 Å². The summed E-state index contributed by atoms with van der Waals surface area (Å²) in [7, 11) is -3.96. The zero-order valence-corrected chi connectivity index (χ0v) is 18.7. The number of hydrogen-bond acceptors (Lipinski definition) is 8. The van der Waals surface area contributed by atoms with Crippen LogP contribution in [0.4, 0.5) is 5.95 Å². The van der Waals surface area contributed by atoms with Crippen LogP contribution in [0.5, 0.6) is 0 Å². The highest BCUT2D eigenvalue weighted by Crippen LogP contribution is 2.22. The summed E-state index contributed by atoms with van der Waals surface area (Å²) in [5.74, 6) is -1.09. The summed E-state index contributed by atoms with van der Waals surface area (Å²) < 4.78 is 31.7. The smallest absolute Gasteiger partial charge is 0.284 e. The zero-order chi connectivity index (χ0) is 22.8. The van der Waals surface area contributed by atoms with Crippen molar-refractivity contribution >= 4 is 39.4 Å². The number of aromatic nitrogens is 2. The number of nitrogens with zero attached hydrogens (tertiary/aromatic N) is 5. The molecule has 0 bridgehead atoms. The van der Waals surface area contributed by atoms with Gasteiger partial charge in [0.25, 0.3) is 21.8 Å². The number of carbonyl (C=O) groups is 2. The lowest BCUT2D eigenvalue weighted by atomic mass is 10.3. The maximum Gasteiger partial charge on any atom is 0.284 e. The van der Waals surface area contributed by atoms with Crippen molar-refractivity contribution in [2.75, 3.05) is 44.2 Å². The third kappa shape index (κ3) is 4.65. The molecular formula is C18H23ClN6O5S. The van der Waals surface area contributed by atoms with E-state index in [-0.39, 0.29) is 47.7 Å². The van der Waals surface area contributed by atoms with E-state index in [1.165, 1.54) is 27.5 Å². The number of nitrogens with two attached hydrogens (primary N) is 1. The van der Waals surface area contributed by atoms with Gasteiger partial charge in [-0.3, -0.25) is 9.59 Å². The van der Waals surface area contributed by atoms with Gasteiger partial charge in [-0.2, -0.15) is 4.31 Å². The van der Waals surface area contributed by atoms with Crippen molar-refractivity contribution in [3.63, 3.8) is 0 Å². The molecule has 1 fully saturated rings. The Morgan fingerprint density at radius 2 is 1.84 bits per heavy atom. The van der Waals surface area contributed by atoms with Crippen LogP contribution in [0.3, 0.4) is 0 Å². The summed E-state index contributed by atoms with van der Waals surface area (Å²) in [6.45, 7) is 5.63. The largest absolute Gasteiger partial charge is 0.438 e. The summed E-state index contributed by atoms with van der Waals surface area (Å²) >= 11 is 6.16. The summed E-state index contributed by atoms with van der Waals surface area (Å²) in [4.78, 5) is 36.0. The summed E-state index contributed by atoms with van der Waals surface area (Å²) in [6, 6.07) is 2.39. The first-order valence-corrected chi connectivity index (χ1v) is 11.5. The SMILES string of the molecule is CCN(CC)c1ncc(Cl)c(C(=O)N2CCN(S(=O)(=O)c3ccc(C(N)=O)o3)CC2)n1. The molecule has 1 saturated heterocycles. The number of primary amides is 1. The molecule has 3 heterocycles. The summed E-state index contributed by atoms with van der Waals surface area (Å²) in [5, 5.41) is -0.241. The second-order valence-electron chi connectivity index (χ2n) is 6.72. The van der Waals surface area contributed by atoms with Gasteiger partial charge in [0, 0.05) is 39.3 Å². The second kappa shape index (κ2) is 9.20. The van der Waals surface area contributed by atoms with E-state index in [0.717, 1.165) is 0 Å². The van der Waals surface area contributed by atoms with Crippen molar-refractivity contribution in [3.8, 4) is 0 Å². The molecule has 2 aromatic heterocycles. The van der Waals surface area contributed by atoms with Crippen LogP contribution >= 0.6 is 11.6 Å². The highest BCUT2D eigenvalue weighted by molar-refractivity contribution is 7.89. The number of rotatable bonds is 7. The molecule has 2 amide bonds. The normalized spacial score (nSPS) is 15.1. The number of piperazine rings is 1. The fourth-order valence-corrected chi connectivity index (χ4v) is 4.67. The summed E-state index contributed by atoms with van der Waals surface area (Å²) in [5.41, 5.74) is 5.18. The highest BCUT2D eigenvalue weighted by atomic mass is 35.5. The van der Waals surface area contributed by atoms with Gasteiger partial charge in [0.05, 0.1) is 11.2 Å². The molecule has 0 spiro atoms. The van der Waals surface area contributed by atoms with Crippen molar-refractivity contribution in [1.29, 1.82) is 0 Å². The molecular weight excluding hydrogens is 448 g/mol. The molecule has 0 saturated carbocycles. The van der Waals surface area contributed by atoms with E-state index in [1.54, 1.807) is 0 Å². The number of anilines is 1. The molecule has 1 aliphatic rings. The van der Waals surface area contributed by atoms with Crippen LogP contribution in [0, 0.1) is 0 Å². The molecule has 2 N–H and O–H groups in total. The van der Waals surface area contributed by atoms with Crippen molar-refractivity contribution in [2.24, 2.45) is 5.73 Å². The Balaban J connectivity index is 1.72. The van der Waals surface area contributed by atoms with Crippen molar-refractivity contribution in [1.82, 2.24) is 19.2 Å². The molecule has 0 radical (unpaired) electrons. The Bertz CT molecular complexity index is 1080. The molecule has 3 rings (SSSR count). The van der Waals surface area contributed by atoms with Crippen LogP contribution in [0.2, 0.25) is 5.02 Å². The molecule has 13 heteroatoms. The molecule has 0 aromatic carbocycles. The fraction of sp³-hybridized carbons (Fsp3) is 0.444. The third-order valence-corrected chi connectivity index (χ3v) is 6.97. The van der Waals surface area contributed by atoms with Crippen molar-refractivity contribution in [2.45, 2.75) is 18.9 Å². The van der Waals surface area contributed by atoms with Crippen molar-refractivity contribution in [3.05, 3.63) is 34.8 Å². The Morgan fingerprint density at radius 1 is 1.19 bits per heavy atom. The van der Waals surface area contributed by atoms with Gasteiger partial charge in [-0.05, 0) is 26.0 Å². The molecule has 2 aromatic rings. The van der Waals surface area contributed by atoms with Gasteiger partial charge in [-0.1, -0.05) is 11.6 Å².